The van der Waals surface area contributed by atoms with E-state index in [1.807, 2.05) is 12.2 Å². The summed E-state index contributed by atoms with van der Waals surface area (Å²) in [6, 6.07) is 4.76. The topological polar surface area (TPSA) is 49.4 Å². The Kier molecular flexibility index (Phi) is 5.64. The molecule has 0 spiro atoms. The van der Waals surface area contributed by atoms with Crippen molar-refractivity contribution in [1.29, 1.82) is 0 Å². The highest BCUT2D eigenvalue weighted by Gasteiger charge is 2.33. The number of para-hydroxylation sites is 1. The normalized spacial score (nSPS) is 17.4. The van der Waals surface area contributed by atoms with Gasteiger partial charge in [0.2, 0.25) is 11.8 Å². The standard InChI is InChI=1S/C17H19F3N2O2/c1-22(16(24)12-7-3-2-4-8-12)11-15(23)21-14-10-6-5-9-13(14)17(18,19)20/h2-3,5-6,9-10,12H,4,7-8,11H2,1H3,(H,21,23)/t12-/m1/s1. The van der Waals surface area contributed by atoms with E-state index in [1.165, 1.54) is 30.1 Å². The van der Waals surface area contributed by atoms with Gasteiger partial charge in [-0.3, -0.25) is 9.59 Å². The fourth-order valence-electron chi connectivity index (χ4n) is 2.65. The number of rotatable bonds is 4. The van der Waals surface area contributed by atoms with Crippen LogP contribution in [0.5, 0.6) is 0 Å². The summed E-state index contributed by atoms with van der Waals surface area (Å²) < 4.78 is 38.7. The first-order valence-corrected chi connectivity index (χ1v) is 7.65. The number of carbonyl (C=O) groups is 2. The number of benzene rings is 1. The molecule has 0 radical (unpaired) electrons. The molecule has 0 unspecified atom stereocenters. The molecule has 0 heterocycles. The molecule has 130 valence electrons. The van der Waals surface area contributed by atoms with E-state index in [2.05, 4.69) is 5.32 Å². The smallest absolute Gasteiger partial charge is 0.336 e. The fraction of sp³-hybridized carbons (Fsp3) is 0.412. The Morgan fingerprint density at radius 3 is 2.58 bits per heavy atom. The molecule has 0 saturated heterocycles. The van der Waals surface area contributed by atoms with Crippen molar-refractivity contribution in [3.05, 3.63) is 42.0 Å². The number of amides is 2. The zero-order valence-corrected chi connectivity index (χ0v) is 13.3. The molecule has 1 atom stereocenters. The summed E-state index contributed by atoms with van der Waals surface area (Å²) in [4.78, 5) is 25.5. The zero-order chi connectivity index (χ0) is 17.7. The highest BCUT2D eigenvalue weighted by Crippen LogP contribution is 2.34. The molecule has 4 nitrogen and oxygen atoms in total. The van der Waals surface area contributed by atoms with Crippen LogP contribution in [0.1, 0.15) is 24.8 Å². The minimum atomic E-state index is -4.56. The van der Waals surface area contributed by atoms with E-state index < -0.39 is 17.6 Å². The Morgan fingerprint density at radius 1 is 1.25 bits per heavy atom. The maximum atomic E-state index is 12.9. The highest BCUT2D eigenvalue weighted by atomic mass is 19.4. The summed E-state index contributed by atoms with van der Waals surface area (Å²) in [5.74, 6) is -0.997. The molecule has 1 aliphatic rings. The van der Waals surface area contributed by atoms with Crippen LogP contribution in [-0.4, -0.2) is 30.3 Å². The maximum Gasteiger partial charge on any atom is 0.418 e. The minimum absolute atomic E-state index is 0.168. The van der Waals surface area contributed by atoms with Crippen molar-refractivity contribution < 1.29 is 22.8 Å². The molecular formula is C17H19F3N2O2. The van der Waals surface area contributed by atoms with Crippen LogP contribution in [-0.2, 0) is 15.8 Å². The molecule has 0 aliphatic heterocycles. The predicted molar refractivity (Wildman–Crippen MR) is 84.2 cm³/mol. The van der Waals surface area contributed by atoms with Crippen molar-refractivity contribution in [2.45, 2.75) is 25.4 Å². The van der Waals surface area contributed by atoms with Crippen LogP contribution in [0.15, 0.2) is 36.4 Å². The Morgan fingerprint density at radius 2 is 1.96 bits per heavy atom. The molecule has 0 saturated carbocycles. The molecule has 0 bridgehead atoms. The van der Waals surface area contributed by atoms with Gasteiger partial charge in [-0.1, -0.05) is 24.3 Å². The molecule has 1 aromatic carbocycles. The highest BCUT2D eigenvalue weighted by molar-refractivity contribution is 5.95. The number of hydrogen-bond acceptors (Lipinski definition) is 2. The number of allylic oxidation sites excluding steroid dienone is 2. The van der Waals surface area contributed by atoms with Gasteiger partial charge < -0.3 is 10.2 Å². The summed E-state index contributed by atoms with van der Waals surface area (Å²) in [6.07, 6.45) is 1.54. The molecule has 1 N–H and O–H groups in total. The van der Waals surface area contributed by atoms with E-state index in [-0.39, 0.29) is 24.1 Å². The van der Waals surface area contributed by atoms with Crippen LogP contribution >= 0.6 is 0 Å². The van der Waals surface area contributed by atoms with Gasteiger partial charge in [-0.05, 0) is 31.4 Å². The van der Waals surface area contributed by atoms with Gasteiger partial charge in [0.1, 0.15) is 0 Å². The Hall–Kier alpha value is -2.31. The summed E-state index contributed by atoms with van der Waals surface area (Å²) in [5, 5.41) is 2.24. The lowest BCUT2D eigenvalue weighted by Gasteiger charge is -2.24. The predicted octanol–water partition coefficient (Wildman–Crippen LogP) is 3.46. The Balaban J connectivity index is 1.98. The van der Waals surface area contributed by atoms with Crippen molar-refractivity contribution in [3.8, 4) is 0 Å². The summed E-state index contributed by atoms with van der Waals surface area (Å²) in [6.45, 7) is -0.286. The quantitative estimate of drug-likeness (QED) is 0.854. The molecule has 0 fully saturated rings. The third kappa shape index (κ3) is 4.59. The molecule has 1 aliphatic carbocycles. The Bertz CT molecular complexity index is 641. The van der Waals surface area contributed by atoms with Gasteiger partial charge in [0, 0.05) is 13.0 Å². The lowest BCUT2D eigenvalue weighted by atomic mass is 9.93. The largest absolute Gasteiger partial charge is 0.418 e. The first-order chi connectivity index (χ1) is 11.3. The third-order valence-electron chi connectivity index (χ3n) is 3.88. The van der Waals surface area contributed by atoms with Crippen LogP contribution in [0, 0.1) is 5.92 Å². The van der Waals surface area contributed by atoms with E-state index >= 15 is 0 Å². The molecule has 2 rings (SSSR count). The third-order valence-corrected chi connectivity index (χ3v) is 3.88. The SMILES string of the molecule is CN(CC(=O)Nc1ccccc1C(F)(F)F)C(=O)[C@@H]1CC=CCC1. The lowest BCUT2D eigenvalue weighted by Crippen LogP contribution is -2.39. The van der Waals surface area contributed by atoms with Gasteiger partial charge >= 0.3 is 6.18 Å². The fourth-order valence-corrected chi connectivity index (χ4v) is 2.65. The van der Waals surface area contributed by atoms with Crippen LogP contribution < -0.4 is 5.32 Å². The second kappa shape index (κ2) is 7.51. The van der Waals surface area contributed by atoms with Crippen molar-refractivity contribution in [2.75, 3.05) is 18.9 Å². The van der Waals surface area contributed by atoms with Crippen LogP contribution in [0.3, 0.4) is 0 Å². The summed E-state index contributed by atoms with van der Waals surface area (Å²) in [7, 11) is 1.48. The van der Waals surface area contributed by atoms with Gasteiger partial charge in [0.05, 0.1) is 17.8 Å². The van der Waals surface area contributed by atoms with Crippen molar-refractivity contribution in [2.24, 2.45) is 5.92 Å². The molecule has 2 amide bonds. The van der Waals surface area contributed by atoms with Gasteiger partial charge in [0.15, 0.2) is 0 Å². The first kappa shape index (κ1) is 18.0. The number of likely N-dealkylation sites (N-methyl/N-ethyl adjacent to an activating group) is 1. The van der Waals surface area contributed by atoms with Crippen molar-refractivity contribution >= 4 is 17.5 Å². The average Bonchev–Trinajstić information content (AvgIpc) is 2.54. The monoisotopic (exact) mass is 340 g/mol. The second-order valence-electron chi connectivity index (χ2n) is 5.77. The van der Waals surface area contributed by atoms with E-state index in [9.17, 15) is 22.8 Å². The summed E-state index contributed by atoms with van der Waals surface area (Å²) in [5.41, 5.74) is -1.22. The number of alkyl halides is 3. The summed E-state index contributed by atoms with van der Waals surface area (Å²) >= 11 is 0. The molecule has 24 heavy (non-hydrogen) atoms. The van der Waals surface area contributed by atoms with Gasteiger partial charge in [-0.2, -0.15) is 13.2 Å². The van der Waals surface area contributed by atoms with Crippen molar-refractivity contribution in [3.63, 3.8) is 0 Å². The molecule has 7 heteroatoms. The molecule has 1 aromatic rings. The lowest BCUT2D eigenvalue weighted by molar-refractivity contribution is -0.138. The number of nitrogens with one attached hydrogen (secondary N) is 1. The van der Waals surface area contributed by atoms with Crippen LogP contribution in [0.25, 0.3) is 0 Å². The maximum absolute atomic E-state index is 12.9. The molecular weight excluding hydrogens is 321 g/mol. The van der Waals surface area contributed by atoms with Gasteiger partial charge in [-0.25, -0.2) is 0 Å². The van der Waals surface area contributed by atoms with E-state index in [0.29, 0.717) is 6.42 Å². The van der Waals surface area contributed by atoms with Gasteiger partial charge in [-0.15, -0.1) is 0 Å². The van der Waals surface area contributed by atoms with Crippen LogP contribution in [0.2, 0.25) is 0 Å². The van der Waals surface area contributed by atoms with Crippen molar-refractivity contribution in [1.82, 2.24) is 4.90 Å². The van der Waals surface area contributed by atoms with E-state index in [4.69, 9.17) is 0 Å². The van der Waals surface area contributed by atoms with Gasteiger partial charge in [0.25, 0.3) is 0 Å². The van der Waals surface area contributed by atoms with E-state index in [1.54, 1.807) is 0 Å². The molecule has 0 aromatic heterocycles. The minimum Gasteiger partial charge on any atom is -0.336 e. The average molecular weight is 340 g/mol. The number of carbonyl (C=O) groups excluding carboxylic acids is 2. The second-order valence-corrected chi connectivity index (χ2v) is 5.77. The number of anilines is 1. The van der Waals surface area contributed by atoms with Crippen LogP contribution in [0.4, 0.5) is 18.9 Å². The first-order valence-electron chi connectivity index (χ1n) is 7.65. The Labute approximate surface area is 138 Å². The number of halogens is 3. The number of nitrogens with zero attached hydrogens (tertiary/aromatic N) is 1. The zero-order valence-electron chi connectivity index (χ0n) is 13.3. The number of hydrogen-bond donors (Lipinski definition) is 1. The van der Waals surface area contributed by atoms with E-state index in [0.717, 1.165) is 18.9 Å².